The second kappa shape index (κ2) is 6.74. The first-order valence-electron chi connectivity index (χ1n) is 5.43. The highest BCUT2D eigenvalue weighted by Gasteiger charge is 2.15. The first kappa shape index (κ1) is 14.2. The average Bonchev–Trinajstić information content (AvgIpc) is 2.37. The van der Waals surface area contributed by atoms with Crippen LogP contribution in [0.4, 0.5) is 0 Å². The van der Waals surface area contributed by atoms with E-state index in [2.05, 4.69) is 0 Å². The van der Waals surface area contributed by atoms with E-state index < -0.39 is 0 Å². The molecule has 0 aliphatic carbocycles. The minimum absolute atomic E-state index is 0.125. The molecule has 0 aliphatic rings. The molecule has 0 radical (unpaired) electrons. The number of rotatable bonds is 6. The monoisotopic (exact) mass is 256 g/mol. The van der Waals surface area contributed by atoms with Gasteiger partial charge in [0.15, 0.2) is 0 Å². The van der Waals surface area contributed by atoms with Gasteiger partial charge in [0.1, 0.15) is 11.5 Å². The molecule has 0 fully saturated rings. The van der Waals surface area contributed by atoms with Crippen LogP contribution in [0.2, 0.25) is 0 Å². The molecule has 5 heteroatoms. The Balaban J connectivity index is 3.18. The van der Waals surface area contributed by atoms with Crippen molar-refractivity contribution in [1.29, 1.82) is 0 Å². The van der Waals surface area contributed by atoms with E-state index in [0.717, 1.165) is 28.4 Å². The molecule has 1 aromatic carbocycles. The highest BCUT2D eigenvalue weighted by molar-refractivity contribution is 7.98. The SMILES string of the molecule is COc1cc(C(N)CCN)c(OC)cc1SC. The second-order valence-corrected chi connectivity index (χ2v) is 4.48. The molecule has 0 aliphatic heterocycles. The van der Waals surface area contributed by atoms with E-state index in [1.54, 1.807) is 26.0 Å². The molecule has 1 atom stereocenters. The molecule has 0 aromatic heterocycles. The topological polar surface area (TPSA) is 70.5 Å². The second-order valence-electron chi connectivity index (χ2n) is 3.63. The van der Waals surface area contributed by atoms with E-state index in [1.807, 2.05) is 18.4 Å². The summed E-state index contributed by atoms with van der Waals surface area (Å²) >= 11 is 1.61. The number of hydrogen-bond acceptors (Lipinski definition) is 5. The Morgan fingerprint density at radius 1 is 1.24 bits per heavy atom. The van der Waals surface area contributed by atoms with E-state index in [4.69, 9.17) is 20.9 Å². The van der Waals surface area contributed by atoms with Crippen LogP contribution in [0.1, 0.15) is 18.0 Å². The molecule has 0 amide bonds. The van der Waals surface area contributed by atoms with E-state index in [0.29, 0.717) is 6.54 Å². The van der Waals surface area contributed by atoms with Gasteiger partial charge in [-0.25, -0.2) is 0 Å². The Labute approximate surface area is 107 Å². The number of hydrogen-bond donors (Lipinski definition) is 2. The van der Waals surface area contributed by atoms with Gasteiger partial charge in [-0.2, -0.15) is 0 Å². The Hall–Kier alpha value is -0.910. The first-order chi connectivity index (χ1) is 8.17. The van der Waals surface area contributed by atoms with Crippen LogP contribution >= 0.6 is 11.8 Å². The number of methoxy groups -OCH3 is 2. The van der Waals surface area contributed by atoms with Gasteiger partial charge >= 0.3 is 0 Å². The fraction of sp³-hybridized carbons (Fsp3) is 0.500. The average molecular weight is 256 g/mol. The Morgan fingerprint density at radius 2 is 1.88 bits per heavy atom. The lowest BCUT2D eigenvalue weighted by Crippen LogP contribution is -2.16. The van der Waals surface area contributed by atoms with Crippen molar-refractivity contribution in [3.05, 3.63) is 17.7 Å². The van der Waals surface area contributed by atoms with Crippen molar-refractivity contribution in [2.45, 2.75) is 17.4 Å². The van der Waals surface area contributed by atoms with Crippen molar-refractivity contribution in [1.82, 2.24) is 0 Å². The summed E-state index contributed by atoms with van der Waals surface area (Å²) in [7, 11) is 3.30. The summed E-state index contributed by atoms with van der Waals surface area (Å²) in [6.07, 6.45) is 2.72. The molecule has 1 aromatic rings. The highest BCUT2D eigenvalue weighted by atomic mass is 32.2. The molecule has 1 rings (SSSR count). The Morgan fingerprint density at radius 3 is 2.35 bits per heavy atom. The van der Waals surface area contributed by atoms with Crippen LogP contribution in [0.25, 0.3) is 0 Å². The molecule has 0 saturated heterocycles. The lowest BCUT2D eigenvalue weighted by molar-refractivity contribution is 0.386. The summed E-state index contributed by atoms with van der Waals surface area (Å²) in [6.45, 7) is 0.552. The lowest BCUT2D eigenvalue weighted by atomic mass is 10.0. The van der Waals surface area contributed by atoms with Crippen molar-refractivity contribution in [3.63, 3.8) is 0 Å². The molecule has 4 nitrogen and oxygen atoms in total. The third-order valence-electron chi connectivity index (χ3n) is 2.61. The molecule has 1 unspecified atom stereocenters. The molecule has 17 heavy (non-hydrogen) atoms. The molecular weight excluding hydrogens is 236 g/mol. The Bertz CT molecular complexity index is 372. The van der Waals surface area contributed by atoms with Gasteiger partial charge in [0, 0.05) is 11.6 Å². The Kier molecular flexibility index (Phi) is 5.61. The van der Waals surface area contributed by atoms with Crippen molar-refractivity contribution in [3.8, 4) is 11.5 Å². The zero-order chi connectivity index (χ0) is 12.8. The lowest BCUT2D eigenvalue weighted by Gasteiger charge is -2.18. The van der Waals surface area contributed by atoms with Gasteiger partial charge in [0.2, 0.25) is 0 Å². The maximum atomic E-state index is 6.07. The summed E-state index contributed by atoms with van der Waals surface area (Å²) in [6, 6.07) is 3.76. The molecule has 4 N–H and O–H groups in total. The number of thioether (sulfide) groups is 1. The zero-order valence-electron chi connectivity index (χ0n) is 10.5. The molecule has 96 valence electrons. The van der Waals surface area contributed by atoms with E-state index in [9.17, 15) is 0 Å². The van der Waals surface area contributed by atoms with Gasteiger partial charge in [-0.05, 0) is 31.4 Å². The van der Waals surface area contributed by atoms with Crippen LogP contribution < -0.4 is 20.9 Å². The van der Waals surface area contributed by atoms with E-state index in [-0.39, 0.29) is 6.04 Å². The van der Waals surface area contributed by atoms with Gasteiger partial charge in [0.25, 0.3) is 0 Å². The number of benzene rings is 1. The minimum atomic E-state index is -0.125. The van der Waals surface area contributed by atoms with Gasteiger partial charge in [-0.1, -0.05) is 0 Å². The van der Waals surface area contributed by atoms with Crippen molar-refractivity contribution in [2.24, 2.45) is 11.5 Å². The molecule has 0 saturated carbocycles. The number of nitrogens with two attached hydrogens (primary N) is 2. The predicted octanol–water partition coefficient (Wildman–Crippen LogP) is 1.77. The van der Waals surface area contributed by atoms with E-state index in [1.165, 1.54) is 0 Å². The highest BCUT2D eigenvalue weighted by Crippen LogP contribution is 2.37. The van der Waals surface area contributed by atoms with Crippen LogP contribution in [0.5, 0.6) is 11.5 Å². The molecule has 0 bridgehead atoms. The van der Waals surface area contributed by atoms with Crippen LogP contribution in [-0.2, 0) is 0 Å². The van der Waals surface area contributed by atoms with Crippen LogP contribution in [-0.4, -0.2) is 27.0 Å². The first-order valence-corrected chi connectivity index (χ1v) is 6.66. The predicted molar refractivity (Wildman–Crippen MR) is 71.9 cm³/mol. The molecule has 0 spiro atoms. The smallest absolute Gasteiger partial charge is 0.133 e. The van der Waals surface area contributed by atoms with E-state index >= 15 is 0 Å². The molecule has 0 heterocycles. The third kappa shape index (κ3) is 3.28. The summed E-state index contributed by atoms with van der Waals surface area (Å²) in [5.41, 5.74) is 12.5. The van der Waals surface area contributed by atoms with Crippen molar-refractivity contribution < 1.29 is 9.47 Å². The maximum absolute atomic E-state index is 6.07. The van der Waals surface area contributed by atoms with Gasteiger partial charge < -0.3 is 20.9 Å². The normalized spacial score (nSPS) is 12.3. The fourth-order valence-corrected chi connectivity index (χ4v) is 2.25. The van der Waals surface area contributed by atoms with Crippen LogP contribution in [0, 0.1) is 0 Å². The van der Waals surface area contributed by atoms with Crippen molar-refractivity contribution in [2.75, 3.05) is 27.0 Å². The summed E-state index contributed by atoms with van der Waals surface area (Å²) < 4.78 is 10.7. The standard InChI is InChI=1S/C12H20N2O2S/c1-15-10-7-12(17-3)11(16-2)6-8(10)9(14)4-5-13/h6-7,9H,4-5,13-14H2,1-3H3. The summed E-state index contributed by atoms with van der Waals surface area (Å²) in [5.74, 6) is 1.61. The zero-order valence-corrected chi connectivity index (χ0v) is 11.3. The van der Waals surface area contributed by atoms with Gasteiger partial charge in [0.05, 0.1) is 19.1 Å². The summed E-state index contributed by atoms with van der Waals surface area (Å²) in [5, 5.41) is 0. The number of ether oxygens (including phenoxy) is 2. The van der Waals surface area contributed by atoms with Gasteiger partial charge in [-0.3, -0.25) is 0 Å². The maximum Gasteiger partial charge on any atom is 0.133 e. The van der Waals surface area contributed by atoms with Crippen LogP contribution in [0.15, 0.2) is 17.0 Å². The minimum Gasteiger partial charge on any atom is -0.496 e. The third-order valence-corrected chi connectivity index (χ3v) is 3.37. The fourth-order valence-electron chi connectivity index (χ4n) is 1.68. The van der Waals surface area contributed by atoms with Gasteiger partial charge in [-0.15, -0.1) is 11.8 Å². The molecular formula is C12H20N2O2S. The quantitative estimate of drug-likeness (QED) is 0.759. The summed E-state index contributed by atoms with van der Waals surface area (Å²) in [4.78, 5) is 1.04. The largest absolute Gasteiger partial charge is 0.496 e. The van der Waals surface area contributed by atoms with Crippen molar-refractivity contribution >= 4 is 11.8 Å². The van der Waals surface area contributed by atoms with Crippen LogP contribution in [0.3, 0.4) is 0 Å².